The van der Waals surface area contributed by atoms with E-state index in [1.807, 2.05) is 31.1 Å². The maximum absolute atomic E-state index is 4.33. The summed E-state index contributed by atoms with van der Waals surface area (Å²) in [7, 11) is 1.91. The van der Waals surface area contributed by atoms with E-state index < -0.39 is 0 Å². The van der Waals surface area contributed by atoms with E-state index in [4.69, 9.17) is 0 Å². The minimum atomic E-state index is 0.214. The highest BCUT2D eigenvalue weighted by molar-refractivity contribution is 7.98. The van der Waals surface area contributed by atoms with Crippen LogP contribution in [-0.4, -0.2) is 12.0 Å². The van der Waals surface area contributed by atoms with Crippen molar-refractivity contribution >= 4 is 17.6 Å². The van der Waals surface area contributed by atoms with Crippen LogP contribution in [-0.2, 0) is 11.2 Å². The second kappa shape index (κ2) is 6.31. The number of thioether (sulfide) groups is 1. The van der Waals surface area contributed by atoms with Crippen molar-refractivity contribution in [2.45, 2.75) is 36.8 Å². The van der Waals surface area contributed by atoms with Gasteiger partial charge in [-0.3, -0.25) is 0 Å². The Bertz CT molecular complexity index is 556. The van der Waals surface area contributed by atoms with Crippen molar-refractivity contribution in [1.82, 2.24) is 4.98 Å². The van der Waals surface area contributed by atoms with Crippen molar-refractivity contribution in [1.29, 1.82) is 0 Å². The minimum Gasteiger partial charge on any atom is -0.373 e. The van der Waals surface area contributed by atoms with Gasteiger partial charge in [0.25, 0.3) is 0 Å². The molecular formula is C17H22N2S. The van der Waals surface area contributed by atoms with Gasteiger partial charge in [0.2, 0.25) is 0 Å². The van der Waals surface area contributed by atoms with Gasteiger partial charge in [0.1, 0.15) is 5.82 Å². The SMILES string of the molecule is CNc1ncccc1CSc1ccc(C(C)(C)C)cc1. The van der Waals surface area contributed by atoms with Gasteiger partial charge in [0.15, 0.2) is 0 Å². The van der Waals surface area contributed by atoms with Crippen LogP contribution in [0.1, 0.15) is 31.9 Å². The number of hydrogen-bond donors (Lipinski definition) is 1. The van der Waals surface area contributed by atoms with Gasteiger partial charge in [-0.1, -0.05) is 39.0 Å². The second-order valence-electron chi connectivity index (χ2n) is 5.82. The van der Waals surface area contributed by atoms with Gasteiger partial charge in [-0.05, 0) is 29.2 Å². The van der Waals surface area contributed by atoms with Crippen LogP contribution < -0.4 is 5.32 Å². The maximum Gasteiger partial charge on any atom is 0.129 e. The number of nitrogens with zero attached hydrogens (tertiary/aromatic N) is 1. The van der Waals surface area contributed by atoms with E-state index in [1.54, 1.807) is 0 Å². The van der Waals surface area contributed by atoms with Crippen LogP contribution in [0.25, 0.3) is 0 Å². The molecule has 0 aliphatic heterocycles. The molecule has 0 saturated carbocycles. The van der Waals surface area contributed by atoms with Crippen molar-refractivity contribution in [3.8, 4) is 0 Å². The standard InChI is InChI=1S/C17H22N2S/c1-17(2,3)14-7-9-15(10-8-14)20-12-13-6-5-11-19-16(13)18-4/h5-11H,12H2,1-4H3,(H,18,19). The molecule has 3 heteroatoms. The lowest BCUT2D eigenvalue weighted by Crippen LogP contribution is -2.10. The molecule has 1 aromatic heterocycles. The lowest BCUT2D eigenvalue weighted by Gasteiger charge is -2.19. The molecule has 0 aliphatic rings. The van der Waals surface area contributed by atoms with Gasteiger partial charge in [-0.2, -0.15) is 0 Å². The molecule has 0 aliphatic carbocycles. The normalized spacial score (nSPS) is 11.4. The fraction of sp³-hybridized carbons (Fsp3) is 0.353. The molecule has 2 aromatic rings. The first-order chi connectivity index (χ1) is 9.50. The Morgan fingerprint density at radius 2 is 1.80 bits per heavy atom. The topological polar surface area (TPSA) is 24.9 Å². The molecule has 0 unspecified atom stereocenters. The second-order valence-corrected chi connectivity index (χ2v) is 6.87. The Morgan fingerprint density at radius 1 is 1.10 bits per heavy atom. The predicted octanol–water partition coefficient (Wildman–Crippen LogP) is 4.71. The summed E-state index contributed by atoms with van der Waals surface area (Å²) in [5, 5.41) is 3.14. The number of benzene rings is 1. The summed E-state index contributed by atoms with van der Waals surface area (Å²) in [5.41, 5.74) is 2.82. The van der Waals surface area contributed by atoms with Gasteiger partial charge in [-0.15, -0.1) is 11.8 Å². The third kappa shape index (κ3) is 3.76. The van der Waals surface area contributed by atoms with Crippen LogP contribution in [0.4, 0.5) is 5.82 Å². The van der Waals surface area contributed by atoms with E-state index in [-0.39, 0.29) is 5.41 Å². The maximum atomic E-state index is 4.33. The molecular weight excluding hydrogens is 264 g/mol. The molecule has 0 bridgehead atoms. The van der Waals surface area contributed by atoms with E-state index >= 15 is 0 Å². The lowest BCUT2D eigenvalue weighted by molar-refractivity contribution is 0.590. The minimum absolute atomic E-state index is 0.214. The van der Waals surface area contributed by atoms with Crippen LogP contribution in [0.2, 0.25) is 0 Å². The van der Waals surface area contributed by atoms with Gasteiger partial charge in [0, 0.05) is 29.5 Å². The first-order valence-electron chi connectivity index (χ1n) is 6.85. The number of rotatable bonds is 4. The molecule has 0 spiro atoms. The van der Waals surface area contributed by atoms with E-state index in [1.165, 1.54) is 16.0 Å². The number of aromatic nitrogens is 1. The molecule has 106 valence electrons. The summed E-state index contributed by atoms with van der Waals surface area (Å²) in [4.78, 5) is 5.63. The Balaban J connectivity index is 2.04. The molecule has 0 fully saturated rings. The Kier molecular flexibility index (Phi) is 4.71. The predicted molar refractivity (Wildman–Crippen MR) is 88.5 cm³/mol. The molecule has 1 heterocycles. The first kappa shape index (κ1) is 14.9. The smallest absolute Gasteiger partial charge is 0.129 e. The average molecular weight is 286 g/mol. The van der Waals surface area contributed by atoms with Crippen molar-refractivity contribution in [2.24, 2.45) is 0 Å². The van der Waals surface area contributed by atoms with Crippen LogP contribution in [0.15, 0.2) is 47.5 Å². The van der Waals surface area contributed by atoms with Gasteiger partial charge in [-0.25, -0.2) is 4.98 Å². The zero-order chi connectivity index (χ0) is 14.6. The summed E-state index contributed by atoms with van der Waals surface area (Å²) in [6, 6.07) is 13.0. The van der Waals surface area contributed by atoms with Gasteiger partial charge in [0.05, 0.1) is 0 Å². The molecule has 2 rings (SSSR count). The third-order valence-electron chi connectivity index (χ3n) is 3.24. The van der Waals surface area contributed by atoms with Crippen molar-refractivity contribution < 1.29 is 0 Å². The van der Waals surface area contributed by atoms with E-state index in [9.17, 15) is 0 Å². The summed E-state index contributed by atoms with van der Waals surface area (Å²) < 4.78 is 0. The zero-order valence-corrected chi connectivity index (χ0v) is 13.4. The highest BCUT2D eigenvalue weighted by Gasteiger charge is 2.12. The van der Waals surface area contributed by atoms with E-state index in [2.05, 4.69) is 61.4 Å². The molecule has 1 aromatic carbocycles. The average Bonchev–Trinajstić information content (AvgIpc) is 2.45. The van der Waals surface area contributed by atoms with Crippen molar-refractivity contribution in [3.63, 3.8) is 0 Å². The molecule has 20 heavy (non-hydrogen) atoms. The van der Waals surface area contributed by atoms with Crippen LogP contribution in [0, 0.1) is 0 Å². The lowest BCUT2D eigenvalue weighted by atomic mass is 9.87. The third-order valence-corrected chi connectivity index (χ3v) is 4.30. The molecule has 2 nitrogen and oxygen atoms in total. The zero-order valence-electron chi connectivity index (χ0n) is 12.6. The molecule has 0 amide bonds. The van der Waals surface area contributed by atoms with Gasteiger partial charge >= 0.3 is 0 Å². The number of hydrogen-bond acceptors (Lipinski definition) is 3. The Hall–Kier alpha value is -1.48. The van der Waals surface area contributed by atoms with E-state index in [0.29, 0.717) is 0 Å². The number of pyridine rings is 1. The molecule has 1 N–H and O–H groups in total. The van der Waals surface area contributed by atoms with Crippen molar-refractivity contribution in [2.75, 3.05) is 12.4 Å². The highest BCUT2D eigenvalue weighted by Crippen LogP contribution is 2.28. The quantitative estimate of drug-likeness (QED) is 0.824. The van der Waals surface area contributed by atoms with Crippen LogP contribution >= 0.6 is 11.8 Å². The summed E-state index contributed by atoms with van der Waals surface area (Å²) >= 11 is 1.84. The largest absolute Gasteiger partial charge is 0.373 e. The monoisotopic (exact) mass is 286 g/mol. The first-order valence-corrected chi connectivity index (χ1v) is 7.84. The fourth-order valence-corrected chi connectivity index (χ4v) is 2.88. The molecule has 0 saturated heterocycles. The van der Waals surface area contributed by atoms with E-state index in [0.717, 1.165) is 11.6 Å². The van der Waals surface area contributed by atoms with Crippen LogP contribution in [0.3, 0.4) is 0 Å². The highest BCUT2D eigenvalue weighted by atomic mass is 32.2. The van der Waals surface area contributed by atoms with Crippen LogP contribution in [0.5, 0.6) is 0 Å². The number of nitrogens with one attached hydrogen (secondary N) is 1. The molecule has 0 atom stereocenters. The summed E-state index contributed by atoms with van der Waals surface area (Å²) in [6.45, 7) is 6.72. The number of anilines is 1. The Labute approximate surface area is 126 Å². The summed E-state index contributed by atoms with van der Waals surface area (Å²) in [5.74, 6) is 1.89. The Morgan fingerprint density at radius 3 is 2.40 bits per heavy atom. The summed E-state index contributed by atoms with van der Waals surface area (Å²) in [6.07, 6.45) is 1.82. The molecule has 0 radical (unpaired) electrons. The van der Waals surface area contributed by atoms with Crippen molar-refractivity contribution in [3.05, 3.63) is 53.7 Å². The van der Waals surface area contributed by atoms with Gasteiger partial charge < -0.3 is 5.32 Å². The fourth-order valence-electron chi connectivity index (χ4n) is 1.99.